The number of rotatable bonds is 19. The second-order valence-corrected chi connectivity index (χ2v) is 26.2. The number of esters is 1. The molecule has 5 aromatic rings. The van der Waals surface area contributed by atoms with E-state index in [1.807, 2.05) is 66.7 Å². The minimum absolute atomic E-state index is 0.0397. The van der Waals surface area contributed by atoms with Gasteiger partial charge in [-0.15, -0.1) is 0 Å². The molecule has 2 aliphatic rings. The molecule has 0 aromatic heterocycles. The highest BCUT2D eigenvalue weighted by molar-refractivity contribution is 6.99. The van der Waals surface area contributed by atoms with Crippen molar-refractivity contribution in [2.75, 3.05) is 13.2 Å². The summed E-state index contributed by atoms with van der Waals surface area (Å²) in [7, 11) is -2.54. The van der Waals surface area contributed by atoms with Crippen molar-refractivity contribution in [2.24, 2.45) is 11.8 Å². The van der Waals surface area contributed by atoms with Crippen molar-refractivity contribution in [3.8, 4) is 0 Å². The van der Waals surface area contributed by atoms with Crippen molar-refractivity contribution in [2.45, 2.75) is 148 Å². The average Bonchev–Trinajstić information content (AvgIpc) is 3.40. The summed E-state index contributed by atoms with van der Waals surface area (Å²) >= 11 is 0. The predicted molar refractivity (Wildman–Crippen MR) is 302 cm³/mol. The standard InChI is InChI=1S/C28H33NO3.C23H31NO2Si.C11H18N2O4/c1-23(12-11-19-30)27(28(31)32-22-26-17-9-4-10-18-26)29(20-24-13-5-2-6-14-24)21-25-15-7-3-8-16-25;1-18-15-16-22(25)24-21(18)17-26-27(23(2,3)4,19-11-7-5-8-12-19)20-13-9-6-10-14-20;1-11(2,3)17-10(16)13-7-4-5-9(15)12-8(7)6-14/h2-10,13-18,23,27,30H,11-12,19-22H2,1H3;5-14,18,21H,15-17H2,1-4H3,(H,24,25);6-8H,4-5H2,1-3H3,(H,12,15)(H,13,16)/t23-,27+;18-,21+;7-,8+/m111/s1. The summed E-state index contributed by atoms with van der Waals surface area (Å²) in [5.74, 6) is 0.221. The summed E-state index contributed by atoms with van der Waals surface area (Å²) in [6.07, 6.45) is 3.75. The third-order valence-electron chi connectivity index (χ3n) is 13.7. The van der Waals surface area contributed by atoms with Gasteiger partial charge in [-0.3, -0.25) is 19.3 Å². The molecule has 2 saturated heterocycles. The van der Waals surface area contributed by atoms with Gasteiger partial charge in [-0.1, -0.05) is 186 Å². The second-order valence-electron chi connectivity index (χ2n) is 21.9. The van der Waals surface area contributed by atoms with E-state index in [-0.39, 0.29) is 48.0 Å². The zero-order valence-electron chi connectivity index (χ0n) is 45.9. The van der Waals surface area contributed by atoms with Gasteiger partial charge in [0.1, 0.15) is 30.6 Å². The lowest BCUT2D eigenvalue weighted by atomic mass is 9.93. The molecule has 0 saturated carbocycles. The largest absolute Gasteiger partial charge is 0.460 e. The predicted octanol–water partition coefficient (Wildman–Crippen LogP) is 9.04. The van der Waals surface area contributed by atoms with Crippen LogP contribution in [-0.2, 0) is 52.8 Å². The Labute approximate surface area is 452 Å². The smallest absolute Gasteiger partial charge is 0.407 e. The average molecular weight is 1060 g/mol. The maximum absolute atomic E-state index is 13.4. The third kappa shape index (κ3) is 18.7. The highest BCUT2D eigenvalue weighted by atomic mass is 28.4. The number of ether oxygens (including phenoxy) is 2. The Hall–Kier alpha value is -6.45. The Bertz CT molecular complexity index is 2450. The normalized spacial score (nSPS) is 18.4. The number of hydrogen-bond donors (Lipinski definition) is 4. The molecule has 2 heterocycles. The number of aldehydes is 1. The highest BCUT2D eigenvalue weighted by Crippen LogP contribution is 2.37. The Morgan fingerprint density at radius 2 is 1.20 bits per heavy atom. The van der Waals surface area contributed by atoms with Gasteiger partial charge in [-0.25, -0.2) is 4.79 Å². The van der Waals surface area contributed by atoms with Gasteiger partial charge in [0.2, 0.25) is 11.8 Å². The molecule has 5 aromatic carbocycles. The van der Waals surface area contributed by atoms with Crippen molar-refractivity contribution in [1.82, 2.24) is 20.9 Å². The number of piperidine rings is 2. The number of benzene rings is 5. The Kier molecular flexibility index (Phi) is 23.6. The molecule has 2 fully saturated rings. The van der Waals surface area contributed by atoms with Crippen LogP contribution in [0, 0.1) is 11.8 Å². The Balaban J connectivity index is 0.000000220. The fourth-order valence-corrected chi connectivity index (χ4v) is 14.3. The lowest BCUT2D eigenvalue weighted by molar-refractivity contribution is -0.154. The minimum atomic E-state index is -2.54. The monoisotopic (exact) mass is 1050 g/mol. The minimum Gasteiger partial charge on any atom is -0.460 e. The first-order chi connectivity index (χ1) is 36.3. The number of aliphatic hydroxyl groups is 1. The van der Waals surface area contributed by atoms with E-state index in [9.17, 15) is 29.1 Å². The molecule has 2 aliphatic heterocycles. The van der Waals surface area contributed by atoms with Gasteiger partial charge in [-0.05, 0) is 90.4 Å². The second kappa shape index (κ2) is 29.7. The molecule has 3 amide bonds. The van der Waals surface area contributed by atoms with Gasteiger partial charge in [-0.2, -0.15) is 0 Å². The van der Waals surface area contributed by atoms with Crippen LogP contribution in [0.4, 0.5) is 4.79 Å². The van der Waals surface area contributed by atoms with Crippen molar-refractivity contribution in [3.05, 3.63) is 168 Å². The molecule has 0 bridgehead atoms. The summed E-state index contributed by atoms with van der Waals surface area (Å²) in [5.41, 5.74) is 2.69. The number of carbonyl (C=O) groups excluding carboxylic acids is 5. The Morgan fingerprint density at radius 1 is 0.724 bits per heavy atom. The summed E-state index contributed by atoms with van der Waals surface area (Å²) in [6.45, 7) is 18.6. The lowest BCUT2D eigenvalue weighted by Gasteiger charge is -2.44. The molecule has 0 unspecified atom stereocenters. The molecule has 0 radical (unpaired) electrons. The molecular weight excluding hydrogens is 973 g/mol. The van der Waals surface area contributed by atoms with Crippen LogP contribution in [0.3, 0.4) is 0 Å². The fraction of sp³-hybridized carbons (Fsp3) is 0.435. The van der Waals surface area contributed by atoms with E-state index in [2.05, 4.69) is 140 Å². The maximum atomic E-state index is 13.4. The number of alkyl carbamates (subject to hydrolysis) is 1. The van der Waals surface area contributed by atoms with Gasteiger partial charge in [0, 0.05) is 32.5 Å². The Morgan fingerprint density at radius 3 is 1.67 bits per heavy atom. The first-order valence-electron chi connectivity index (χ1n) is 26.7. The number of amides is 3. The molecule has 14 heteroatoms. The van der Waals surface area contributed by atoms with E-state index < -0.39 is 38.1 Å². The van der Waals surface area contributed by atoms with E-state index in [0.717, 1.165) is 29.5 Å². The van der Waals surface area contributed by atoms with Crippen LogP contribution in [0.5, 0.6) is 0 Å². The highest BCUT2D eigenvalue weighted by Gasteiger charge is 2.50. The SMILES string of the molecule is CC(C)(C)OC(=O)N[C@@H]1CCC(=O)N[C@H]1C=O.C[C@@H]1CCC(=O)N[C@H]1CO[Si](c1ccccc1)(c1ccccc1)C(C)(C)C.C[C@H](CCCO)[C@@H](C(=O)OCc1ccccc1)N(Cc1ccccc1)Cc1ccccc1. The summed E-state index contributed by atoms with van der Waals surface area (Å²) in [6, 6.07) is 50.1. The zero-order valence-corrected chi connectivity index (χ0v) is 46.9. The topological polar surface area (TPSA) is 173 Å². The number of nitrogens with zero attached hydrogens (tertiary/aromatic N) is 1. The summed E-state index contributed by atoms with van der Waals surface area (Å²) in [5, 5.41) is 20.1. The molecule has 76 heavy (non-hydrogen) atoms. The van der Waals surface area contributed by atoms with Gasteiger partial charge >= 0.3 is 12.1 Å². The van der Waals surface area contributed by atoms with Gasteiger partial charge in [0.05, 0.1) is 18.7 Å². The third-order valence-corrected chi connectivity index (χ3v) is 18.7. The van der Waals surface area contributed by atoms with E-state index in [0.29, 0.717) is 57.6 Å². The number of carbonyl (C=O) groups is 5. The zero-order chi connectivity index (χ0) is 55.1. The summed E-state index contributed by atoms with van der Waals surface area (Å²) < 4.78 is 17.8. The van der Waals surface area contributed by atoms with E-state index in [1.165, 1.54) is 10.4 Å². The van der Waals surface area contributed by atoms with Crippen molar-refractivity contribution >= 4 is 48.9 Å². The van der Waals surface area contributed by atoms with Gasteiger partial charge < -0.3 is 39.8 Å². The molecule has 408 valence electrons. The first-order valence-corrected chi connectivity index (χ1v) is 28.7. The molecule has 7 rings (SSSR count). The number of hydrogen-bond acceptors (Lipinski definition) is 10. The number of aliphatic hydroxyl groups excluding tert-OH is 1. The molecule has 0 spiro atoms. The van der Waals surface area contributed by atoms with Crippen LogP contribution in [-0.4, -0.2) is 91.5 Å². The van der Waals surface area contributed by atoms with E-state index in [4.69, 9.17) is 13.9 Å². The van der Waals surface area contributed by atoms with Crippen LogP contribution in [0.2, 0.25) is 5.04 Å². The van der Waals surface area contributed by atoms with Gasteiger partial charge in [0.15, 0.2) is 0 Å². The first kappa shape index (κ1) is 60.4. The van der Waals surface area contributed by atoms with Crippen molar-refractivity contribution < 1.29 is 43.0 Å². The van der Waals surface area contributed by atoms with E-state index >= 15 is 0 Å². The van der Waals surface area contributed by atoms with Crippen LogP contribution in [0.25, 0.3) is 0 Å². The van der Waals surface area contributed by atoms with Crippen LogP contribution in [0.1, 0.15) is 111 Å². The molecule has 4 N–H and O–H groups in total. The quantitative estimate of drug-likeness (QED) is 0.0355. The lowest BCUT2D eigenvalue weighted by Crippen LogP contribution is -2.67. The van der Waals surface area contributed by atoms with Crippen LogP contribution >= 0.6 is 0 Å². The molecular formula is C62H82N4O9Si. The van der Waals surface area contributed by atoms with Crippen LogP contribution in [0.15, 0.2) is 152 Å². The summed E-state index contributed by atoms with van der Waals surface area (Å²) in [4.78, 5) is 60.9. The van der Waals surface area contributed by atoms with Gasteiger partial charge in [0.25, 0.3) is 8.32 Å². The molecule has 13 nitrogen and oxygen atoms in total. The molecule has 6 atom stereocenters. The maximum Gasteiger partial charge on any atom is 0.407 e. The molecule has 0 aliphatic carbocycles. The van der Waals surface area contributed by atoms with Crippen molar-refractivity contribution in [3.63, 3.8) is 0 Å². The van der Waals surface area contributed by atoms with Crippen molar-refractivity contribution in [1.29, 1.82) is 0 Å². The fourth-order valence-electron chi connectivity index (χ4n) is 9.75. The van der Waals surface area contributed by atoms with E-state index in [1.54, 1.807) is 20.8 Å². The number of nitrogens with one attached hydrogen (secondary N) is 3. The van der Waals surface area contributed by atoms with Crippen LogP contribution < -0.4 is 26.3 Å².